The summed E-state index contributed by atoms with van der Waals surface area (Å²) >= 11 is 5.64. The van der Waals surface area contributed by atoms with Crippen LogP contribution in [-0.4, -0.2) is 16.6 Å². The van der Waals surface area contributed by atoms with Crippen LogP contribution in [0.4, 0.5) is 8.78 Å². The van der Waals surface area contributed by atoms with Crippen LogP contribution in [0.25, 0.3) is 0 Å². The molecule has 0 bridgehead atoms. The Balaban J connectivity index is 2.63. The van der Waals surface area contributed by atoms with Crippen molar-refractivity contribution in [2.75, 3.05) is 0 Å². The van der Waals surface area contributed by atoms with E-state index in [1.54, 1.807) is 20.8 Å². The number of hydrogen-bond donors (Lipinski definition) is 0. The molecule has 106 valence electrons. The molecule has 0 aliphatic heterocycles. The topological polar surface area (TPSA) is 39.2 Å². The fourth-order valence-electron chi connectivity index (χ4n) is 1.38. The van der Waals surface area contributed by atoms with Crippen LogP contribution in [-0.2, 0) is 15.5 Å². The van der Waals surface area contributed by atoms with E-state index in [1.807, 2.05) is 0 Å². The third-order valence-electron chi connectivity index (χ3n) is 2.16. The van der Waals surface area contributed by atoms with Gasteiger partial charge in [0.15, 0.2) is 0 Å². The Morgan fingerprint density at radius 1 is 1.42 bits per heavy atom. The summed E-state index contributed by atoms with van der Waals surface area (Å²) < 4.78 is 32.6. The molecule has 0 atom stereocenters. The number of aromatic nitrogens is 1. The second-order valence-electron chi connectivity index (χ2n) is 5.15. The lowest BCUT2D eigenvalue weighted by Gasteiger charge is -2.21. The Morgan fingerprint density at radius 2 is 2.05 bits per heavy atom. The van der Waals surface area contributed by atoms with Gasteiger partial charge < -0.3 is 4.74 Å². The Labute approximate surface area is 115 Å². The van der Waals surface area contributed by atoms with E-state index in [4.69, 9.17) is 16.3 Å². The van der Waals surface area contributed by atoms with Gasteiger partial charge in [0.1, 0.15) is 11.3 Å². The number of ether oxygens (including phenoxy) is 1. The van der Waals surface area contributed by atoms with Crippen molar-refractivity contribution in [3.8, 4) is 0 Å². The molecule has 0 spiro atoms. The normalized spacial score (nSPS) is 12.3. The van der Waals surface area contributed by atoms with Crippen molar-refractivity contribution in [3.05, 3.63) is 29.0 Å². The van der Waals surface area contributed by atoms with Crippen molar-refractivity contribution in [2.45, 2.75) is 45.1 Å². The van der Waals surface area contributed by atoms with Gasteiger partial charge in [-0.25, -0.2) is 0 Å². The maximum Gasteiger partial charge on any atom is 0.306 e. The predicted molar refractivity (Wildman–Crippen MR) is 68.2 cm³/mol. The van der Waals surface area contributed by atoms with Gasteiger partial charge in [-0.2, -0.15) is 8.78 Å². The zero-order valence-electron chi connectivity index (χ0n) is 11.0. The summed E-state index contributed by atoms with van der Waals surface area (Å²) in [6.07, 6.45) is 0.173. The van der Waals surface area contributed by atoms with Gasteiger partial charge in [-0.1, -0.05) is 11.6 Å². The van der Waals surface area contributed by atoms with E-state index < -0.39 is 29.6 Å². The summed E-state index contributed by atoms with van der Waals surface area (Å²) in [7, 11) is 0. The van der Waals surface area contributed by atoms with Gasteiger partial charge in [-0.05, 0) is 32.9 Å². The highest BCUT2D eigenvalue weighted by Gasteiger charge is 2.34. The van der Waals surface area contributed by atoms with E-state index in [9.17, 15) is 13.6 Å². The fraction of sp³-hybridized carbons (Fsp3) is 0.538. The minimum atomic E-state index is -3.21. The molecule has 0 fully saturated rings. The van der Waals surface area contributed by atoms with Crippen LogP contribution < -0.4 is 0 Å². The fourth-order valence-corrected chi connectivity index (χ4v) is 1.54. The number of carbonyl (C=O) groups is 1. The van der Waals surface area contributed by atoms with E-state index >= 15 is 0 Å². The highest BCUT2D eigenvalue weighted by Crippen LogP contribution is 2.32. The Morgan fingerprint density at radius 3 is 2.58 bits per heavy atom. The molecule has 1 aromatic rings. The minimum absolute atomic E-state index is 0.182. The van der Waals surface area contributed by atoms with Gasteiger partial charge in [-0.3, -0.25) is 9.78 Å². The highest BCUT2D eigenvalue weighted by molar-refractivity contribution is 6.30. The molecule has 0 radical (unpaired) electrons. The number of carbonyl (C=O) groups excluding carboxylic acids is 1. The molecule has 6 heteroatoms. The number of hydrogen-bond acceptors (Lipinski definition) is 3. The molecule has 0 aliphatic carbocycles. The van der Waals surface area contributed by atoms with Crippen LogP contribution in [0.1, 0.15) is 39.3 Å². The smallest absolute Gasteiger partial charge is 0.306 e. The lowest BCUT2D eigenvalue weighted by atomic mass is 10.1. The zero-order valence-corrected chi connectivity index (χ0v) is 11.8. The second-order valence-corrected chi connectivity index (χ2v) is 5.59. The summed E-state index contributed by atoms with van der Waals surface area (Å²) in [5, 5.41) is 0.182. The van der Waals surface area contributed by atoms with Crippen molar-refractivity contribution in [1.29, 1.82) is 0 Å². The minimum Gasteiger partial charge on any atom is -0.460 e. The van der Waals surface area contributed by atoms with Crippen molar-refractivity contribution in [1.82, 2.24) is 4.98 Å². The first kappa shape index (κ1) is 15.8. The molecule has 0 amide bonds. The highest BCUT2D eigenvalue weighted by atomic mass is 35.5. The average molecular weight is 292 g/mol. The largest absolute Gasteiger partial charge is 0.460 e. The Hall–Kier alpha value is -1.23. The first-order valence-electron chi connectivity index (χ1n) is 5.82. The third kappa shape index (κ3) is 5.51. The van der Waals surface area contributed by atoms with Gasteiger partial charge in [0.2, 0.25) is 0 Å². The summed E-state index contributed by atoms with van der Waals surface area (Å²) in [5.74, 6) is -3.86. The first-order valence-corrected chi connectivity index (χ1v) is 6.20. The molecule has 0 aliphatic rings. The molecule has 1 aromatic heterocycles. The predicted octanol–water partition coefficient (Wildman–Crippen LogP) is 3.95. The van der Waals surface area contributed by atoms with Gasteiger partial charge >= 0.3 is 5.97 Å². The van der Waals surface area contributed by atoms with E-state index in [1.165, 1.54) is 12.3 Å². The first-order chi connectivity index (χ1) is 8.60. The molecule has 19 heavy (non-hydrogen) atoms. The van der Waals surface area contributed by atoms with Crippen LogP contribution in [0, 0.1) is 0 Å². The number of pyridine rings is 1. The van der Waals surface area contributed by atoms with Gasteiger partial charge in [0, 0.05) is 17.6 Å². The molecular weight excluding hydrogens is 276 g/mol. The van der Waals surface area contributed by atoms with Gasteiger partial charge in [-0.15, -0.1) is 0 Å². The van der Waals surface area contributed by atoms with E-state index in [-0.39, 0.29) is 11.4 Å². The quantitative estimate of drug-likeness (QED) is 0.789. The molecule has 0 saturated heterocycles. The molecule has 1 rings (SSSR count). The number of alkyl halides is 2. The van der Waals surface area contributed by atoms with Crippen LogP contribution in [0.2, 0.25) is 5.02 Å². The van der Waals surface area contributed by atoms with Crippen molar-refractivity contribution < 1.29 is 18.3 Å². The molecule has 0 saturated carbocycles. The number of halogens is 3. The lowest BCUT2D eigenvalue weighted by molar-refractivity contribution is -0.157. The number of esters is 1. The molecular formula is C13H16ClF2NO2. The van der Waals surface area contributed by atoms with Crippen molar-refractivity contribution in [2.24, 2.45) is 0 Å². The van der Waals surface area contributed by atoms with Crippen molar-refractivity contribution >= 4 is 17.6 Å². The van der Waals surface area contributed by atoms with E-state index in [0.29, 0.717) is 0 Å². The summed E-state index contributed by atoms with van der Waals surface area (Å²) in [6, 6.07) is 2.51. The van der Waals surface area contributed by atoms with Crippen LogP contribution in [0.5, 0.6) is 0 Å². The molecule has 0 aromatic carbocycles. The van der Waals surface area contributed by atoms with E-state index in [2.05, 4.69) is 4.98 Å². The Bertz CT molecular complexity index is 458. The Kier molecular flexibility index (Phi) is 4.85. The van der Waals surface area contributed by atoms with Gasteiger partial charge in [0.25, 0.3) is 5.92 Å². The second kappa shape index (κ2) is 5.82. The molecule has 0 N–H and O–H groups in total. The van der Waals surface area contributed by atoms with E-state index in [0.717, 1.165) is 6.07 Å². The zero-order chi connectivity index (χ0) is 14.7. The molecule has 3 nitrogen and oxygen atoms in total. The van der Waals surface area contributed by atoms with Crippen LogP contribution >= 0.6 is 11.6 Å². The summed E-state index contributed by atoms with van der Waals surface area (Å²) in [4.78, 5) is 15.0. The monoisotopic (exact) mass is 291 g/mol. The standard InChI is InChI=1S/C13H16ClF2NO2/c1-12(2,3)19-11(18)4-6-13(15,16)10-8-9(14)5-7-17-10/h5,7-8H,4,6H2,1-3H3. The summed E-state index contributed by atoms with van der Waals surface area (Å²) in [5.41, 5.74) is -1.12. The SMILES string of the molecule is CC(C)(C)OC(=O)CCC(F)(F)c1cc(Cl)ccn1. The summed E-state index contributed by atoms with van der Waals surface area (Å²) in [6.45, 7) is 5.05. The van der Waals surface area contributed by atoms with Crippen molar-refractivity contribution in [3.63, 3.8) is 0 Å². The van der Waals surface area contributed by atoms with Crippen LogP contribution in [0.3, 0.4) is 0 Å². The number of rotatable bonds is 4. The number of nitrogens with zero attached hydrogens (tertiary/aromatic N) is 1. The lowest BCUT2D eigenvalue weighted by Crippen LogP contribution is -2.25. The molecule has 1 heterocycles. The maximum absolute atomic E-state index is 13.8. The maximum atomic E-state index is 13.8. The van der Waals surface area contributed by atoms with Gasteiger partial charge in [0.05, 0.1) is 6.42 Å². The molecule has 0 unspecified atom stereocenters. The van der Waals surface area contributed by atoms with Crippen LogP contribution in [0.15, 0.2) is 18.3 Å². The average Bonchev–Trinajstić information content (AvgIpc) is 2.24. The third-order valence-corrected chi connectivity index (χ3v) is 2.39.